The van der Waals surface area contributed by atoms with E-state index in [-0.39, 0.29) is 42.2 Å². The number of fused-ring (bicyclic) bond motifs is 1. The summed E-state index contributed by atoms with van der Waals surface area (Å²) in [5.41, 5.74) is 4.85. The number of aromatic amines is 1. The SMILES string of the molecule is CC1CN(c2c(F)c(N)c3c(=O)c(C(=O)O)cn(C4CC4)c3c2F)C(C)CN1Oc1c[nH]cc1-c1ccc(F)cc1. The van der Waals surface area contributed by atoms with E-state index < -0.39 is 45.7 Å². The van der Waals surface area contributed by atoms with Crippen molar-refractivity contribution in [1.82, 2.24) is 14.6 Å². The molecule has 2 unspecified atom stereocenters. The van der Waals surface area contributed by atoms with Gasteiger partial charge in [0.1, 0.15) is 17.1 Å². The minimum Gasteiger partial charge on any atom is -0.477 e. The highest BCUT2D eigenvalue weighted by atomic mass is 19.1. The first kappa shape index (κ1) is 26.8. The Morgan fingerprint density at radius 1 is 1.05 bits per heavy atom. The Labute approximate surface area is 232 Å². The normalized spacial score (nSPS) is 19.6. The van der Waals surface area contributed by atoms with Crippen LogP contribution >= 0.6 is 0 Å². The summed E-state index contributed by atoms with van der Waals surface area (Å²) in [6.07, 6.45) is 5.89. The van der Waals surface area contributed by atoms with Gasteiger partial charge >= 0.3 is 5.97 Å². The van der Waals surface area contributed by atoms with Crippen LogP contribution in [0.1, 0.15) is 43.1 Å². The van der Waals surface area contributed by atoms with Crippen molar-refractivity contribution in [2.24, 2.45) is 0 Å². The fraction of sp³-hybridized carbons (Fsp3) is 0.310. The van der Waals surface area contributed by atoms with Crippen molar-refractivity contribution < 1.29 is 27.9 Å². The number of pyridine rings is 1. The standard InChI is InChI=1S/C29H28F3N5O4/c1-14-12-37(41-21-10-34-9-19(21)16-3-5-17(30)6-4-16)15(2)11-35(14)27-23(31)25(33)22-26(24(27)32)36(18-7-8-18)13-20(28(22)38)29(39)40/h3-6,9-10,13-15,18,34H,7-8,11-12,33H2,1-2H3,(H,39,40). The second-order valence-corrected chi connectivity index (χ2v) is 10.7. The van der Waals surface area contributed by atoms with Crippen LogP contribution in [0.3, 0.4) is 0 Å². The molecule has 3 heterocycles. The van der Waals surface area contributed by atoms with Gasteiger partial charge in [-0.2, -0.15) is 0 Å². The van der Waals surface area contributed by atoms with Crippen molar-refractivity contribution in [3.05, 3.63) is 76.1 Å². The van der Waals surface area contributed by atoms with Gasteiger partial charge in [0.2, 0.25) is 5.43 Å². The van der Waals surface area contributed by atoms with Crippen LogP contribution in [0.4, 0.5) is 24.5 Å². The van der Waals surface area contributed by atoms with E-state index in [2.05, 4.69) is 4.98 Å². The van der Waals surface area contributed by atoms with Gasteiger partial charge in [0, 0.05) is 42.8 Å². The van der Waals surface area contributed by atoms with E-state index in [1.54, 1.807) is 41.4 Å². The van der Waals surface area contributed by atoms with Crippen LogP contribution in [-0.4, -0.2) is 50.9 Å². The lowest BCUT2D eigenvalue weighted by molar-refractivity contribution is -0.103. The Hall–Kier alpha value is -4.45. The third kappa shape index (κ3) is 4.48. The third-order valence-corrected chi connectivity index (χ3v) is 7.83. The fourth-order valence-electron chi connectivity index (χ4n) is 5.54. The number of nitrogens with two attached hydrogens (primary N) is 1. The van der Waals surface area contributed by atoms with Crippen LogP contribution in [-0.2, 0) is 0 Å². The number of H-pyrrole nitrogens is 1. The number of hydrogen-bond acceptors (Lipinski definition) is 6. The monoisotopic (exact) mass is 567 g/mol. The largest absolute Gasteiger partial charge is 0.477 e. The van der Waals surface area contributed by atoms with Gasteiger partial charge in [0.15, 0.2) is 17.4 Å². The molecule has 9 nitrogen and oxygen atoms in total. The number of rotatable bonds is 6. The lowest BCUT2D eigenvalue weighted by Crippen LogP contribution is -2.58. The van der Waals surface area contributed by atoms with E-state index in [1.807, 2.05) is 6.92 Å². The molecule has 6 rings (SSSR count). The number of aromatic carboxylic acids is 1. The summed E-state index contributed by atoms with van der Waals surface area (Å²) in [7, 11) is 0. The second-order valence-electron chi connectivity index (χ2n) is 10.7. The molecule has 2 aromatic carbocycles. The first-order valence-corrected chi connectivity index (χ1v) is 13.3. The number of anilines is 2. The van der Waals surface area contributed by atoms with Crippen LogP contribution in [0.25, 0.3) is 22.0 Å². The molecule has 214 valence electrons. The molecule has 1 aliphatic carbocycles. The third-order valence-electron chi connectivity index (χ3n) is 7.83. The van der Waals surface area contributed by atoms with Gasteiger partial charge in [-0.15, -0.1) is 5.06 Å². The first-order chi connectivity index (χ1) is 19.6. The van der Waals surface area contributed by atoms with Gasteiger partial charge < -0.3 is 30.1 Å². The predicted molar refractivity (Wildman–Crippen MR) is 148 cm³/mol. The summed E-state index contributed by atoms with van der Waals surface area (Å²) < 4.78 is 47.0. The molecule has 0 amide bonds. The van der Waals surface area contributed by atoms with Crippen LogP contribution < -0.4 is 20.9 Å². The Balaban J connectivity index is 1.35. The van der Waals surface area contributed by atoms with Crippen molar-refractivity contribution in [2.75, 3.05) is 23.7 Å². The molecule has 1 saturated carbocycles. The van der Waals surface area contributed by atoms with Gasteiger partial charge in [0.05, 0.1) is 29.2 Å². The van der Waals surface area contributed by atoms with Crippen molar-refractivity contribution in [3.8, 4) is 16.9 Å². The highest BCUT2D eigenvalue weighted by molar-refractivity contribution is 5.99. The Bertz CT molecular complexity index is 1730. The van der Waals surface area contributed by atoms with Gasteiger partial charge in [-0.1, -0.05) is 12.1 Å². The molecular weight excluding hydrogens is 539 g/mol. The Kier molecular flexibility index (Phi) is 6.45. The fourth-order valence-corrected chi connectivity index (χ4v) is 5.54. The van der Waals surface area contributed by atoms with E-state index in [0.717, 1.165) is 17.3 Å². The Morgan fingerprint density at radius 2 is 1.76 bits per heavy atom. The minimum atomic E-state index is -1.49. The van der Waals surface area contributed by atoms with Crippen molar-refractivity contribution >= 4 is 28.2 Å². The summed E-state index contributed by atoms with van der Waals surface area (Å²) >= 11 is 0. The average Bonchev–Trinajstić information content (AvgIpc) is 3.68. The molecule has 4 N–H and O–H groups in total. The number of halogens is 3. The number of benzene rings is 2. The van der Waals surface area contributed by atoms with Crippen LogP contribution in [0, 0.1) is 17.5 Å². The molecule has 41 heavy (non-hydrogen) atoms. The molecule has 2 aliphatic rings. The van der Waals surface area contributed by atoms with Gasteiger partial charge in [-0.05, 0) is 44.4 Å². The van der Waals surface area contributed by atoms with Crippen molar-refractivity contribution in [2.45, 2.75) is 44.8 Å². The molecule has 2 aromatic heterocycles. The summed E-state index contributed by atoms with van der Waals surface area (Å²) in [5, 5.41) is 10.8. The molecule has 2 fully saturated rings. The number of hydrogen-bond donors (Lipinski definition) is 3. The number of nitrogens with zero attached hydrogens (tertiary/aromatic N) is 3. The molecule has 0 bridgehead atoms. The quantitative estimate of drug-likeness (QED) is 0.283. The Morgan fingerprint density at radius 3 is 2.41 bits per heavy atom. The molecule has 2 atom stereocenters. The van der Waals surface area contributed by atoms with Gasteiger partial charge in [-0.3, -0.25) is 4.79 Å². The number of nitrogen functional groups attached to an aromatic ring is 1. The molecule has 0 radical (unpaired) electrons. The number of aromatic nitrogens is 2. The summed E-state index contributed by atoms with van der Waals surface area (Å²) in [6.45, 7) is 4.07. The number of hydroxylamine groups is 2. The van der Waals surface area contributed by atoms with Crippen molar-refractivity contribution in [1.29, 1.82) is 0 Å². The molecule has 1 saturated heterocycles. The maximum atomic E-state index is 16.3. The molecule has 0 spiro atoms. The van der Waals surface area contributed by atoms with Crippen LogP contribution in [0.5, 0.6) is 5.75 Å². The average molecular weight is 568 g/mol. The first-order valence-electron chi connectivity index (χ1n) is 13.3. The second kappa shape index (κ2) is 9.88. The molecular formula is C29H28F3N5O4. The maximum Gasteiger partial charge on any atom is 0.341 e. The van der Waals surface area contributed by atoms with Crippen LogP contribution in [0.15, 0.2) is 47.7 Å². The molecule has 1 aliphatic heterocycles. The maximum absolute atomic E-state index is 16.3. The van der Waals surface area contributed by atoms with Gasteiger partial charge in [0.25, 0.3) is 0 Å². The van der Waals surface area contributed by atoms with E-state index in [9.17, 15) is 19.1 Å². The number of piperazine rings is 1. The predicted octanol–water partition coefficient (Wildman–Crippen LogP) is 4.92. The minimum absolute atomic E-state index is 0.164. The number of carbonyl (C=O) groups is 1. The summed E-state index contributed by atoms with van der Waals surface area (Å²) in [5.74, 6) is -3.38. The zero-order chi connectivity index (χ0) is 29.2. The summed E-state index contributed by atoms with van der Waals surface area (Å²) in [6, 6.07) is 5.02. The lowest BCUT2D eigenvalue weighted by atomic mass is 10.0. The van der Waals surface area contributed by atoms with E-state index >= 15 is 8.78 Å². The molecule has 4 aromatic rings. The number of carboxylic acids is 1. The van der Waals surface area contributed by atoms with Gasteiger partial charge in [-0.25, -0.2) is 18.0 Å². The highest BCUT2D eigenvalue weighted by Crippen LogP contribution is 2.42. The zero-order valence-corrected chi connectivity index (χ0v) is 22.3. The smallest absolute Gasteiger partial charge is 0.341 e. The van der Waals surface area contributed by atoms with E-state index in [1.165, 1.54) is 16.7 Å². The number of carboxylic acid groups (broad SMARTS) is 1. The highest BCUT2D eigenvalue weighted by Gasteiger charge is 2.37. The van der Waals surface area contributed by atoms with Crippen molar-refractivity contribution in [3.63, 3.8) is 0 Å². The topological polar surface area (TPSA) is 117 Å². The molecule has 12 heteroatoms. The van der Waals surface area contributed by atoms with E-state index in [0.29, 0.717) is 18.6 Å². The lowest BCUT2D eigenvalue weighted by Gasteiger charge is -2.44. The zero-order valence-electron chi connectivity index (χ0n) is 22.3. The summed E-state index contributed by atoms with van der Waals surface area (Å²) in [4.78, 5) is 35.5. The van der Waals surface area contributed by atoms with Crippen LogP contribution in [0.2, 0.25) is 0 Å². The number of nitrogens with one attached hydrogen (secondary N) is 1. The van der Waals surface area contributed by atoms with E-state index in [4.69, 9.17) is 10.6 Å².